The summed E-state index contributed by atoms with van der Waals surface area (Å²) in [5.74, 6) is 0.739. The van der Waals surface area contributed by atoms with Gasteiger partial charge in [-0.05, 0) is 29.5 Å². The van der Waals surface area contributed by atoms with E-state index in [0.29, 0.717) is 12.5 Å². The maximum absolute atomic E-state index is 11.6. The molecule has 0 radical (unpaired) electrons. The van der Waals surface area contributed by atoms with Gasteiger partial charge in [0.25, 0.3) is 5.91 Å². The first-order valence-corrected chi connectivity index (χ1v) is 6.09. The highest BCUT2D eigenvalue weighted by Gasteiger charge is 2.20. The van der Waals surface area contributed by atoms with Crippen LogP contribution in [-0.2, 0) is 6.54 Å². The van der Waals surface area contributed by atoms with Crippen LogP contribution in [0.1, 0.15) is 34.8 Å². The van der Waals surface area contributed by atoms with Gasteiger partial charge in [0, 0.05) is 24.4 Å². The van der Waals surface area contributed by atoms with Crippen LogP contribution in [0.25, 0.3) is 5.70 Å². The average molecular weight is 228 g/mol. The topological polar surface area (TPSA) is 41.1 Å². The van der Waals surface area contributed by atoms with Gasteiger partial charge >= 0.3 is 0 Å². The summed E-state index contributed by atoms with van der Waals surface area (Å²) >= 11 is 0. The second kappa shape index (κ2) is 3.91. The van der Waals surface area contributed by atoms with Gasteiger partial charge in [-0.1, -0.05) is 25.1 Å². The molecule has 0 aliphatic carbocycles. The minimum absolute atomic E-state index is 0.0478. The molecule has 2 aliphatic heterocycles. The van der Waals surface area contributed by atoms with Crippen molar-refractivity contribution in [2.45, 2.75) is 19.9 Å². The zero-order valence-electron chi connectivity index (χ0n) is 9.92. The smallest absolute Gasteiger partial charge is 0.251 e. The van der Waals surface area contributed by atoms with E-state index < -0.39 is 0 Å². The van der Waals surface area contributed by atoms with Gasteiger partial charge in [0.1, 0.15) is 0 Å². The van der Waals surface area contributed by atoms with Crippen molar-refractivity contribution in [1.29, 1.82) is 0 Å². The summed E-state index contributed by atoms with van der Waals surface area (Å²) in [5, 5.41) is 6.26. The van der Waals surface area contributed by atoms with Gasteiger partial charge in [-0.15, -0.1) is 0 Å². The van der Waals surface area contributed by atoms with Gasteiger partial charge < -0.3 is 10.6 Å². The van der Waals surface area contributed by atoms with E-state index in [-0.39, 0.29) is 5.91 Å². The van der Waals surface area contributed by atoms with Crippen LogP contribution in [0.15, 0.2) is 24.3 Å². The number of allylic oxidation sites excluding steroid dienone is 1. The Kier molecular flexibility index (Phi) is 2.39. The minimum Gasteiger partial charge on any atom is -0.385 e. The Morgan fingerprint density at radius 1 is 1.29 bits per heavy atom. The fraction of sp³-hybridized carbons (Fsp3) is 0.357. The summed E-state index contributed by atoms with van der Waals surface area (Å²) in [4.78, 5) is 11.6. The van der Waals surface area contributed by atoms with E-state index in [9.17, 15) is 4.79 Å². The molecule has 2 N–H and O–H groups in total. The van der Waals surface area contributed by atoms with Crippen molar-refractivity contribution in [3.8, 4) is 0 Å². The van der Waals surface area contributed by atoms with Crippen LogP contribution in [0.5, 0.6) is 0 Å². The summed E-state index contributed by atoms with van der Waals surface area (Å²) in [6.07, 6.45) is 3.33. The third kappa shape index (κ3) is 1.82. The van der Waals surface area contributed by atoms with E-state index in [0.717, 1.165) is 35.4 Å². The monoisotopic (exact) mass is 228 g/mol. The number of hydrogen-bond acceptors (Lipinski definition) is 2. The number of nitrogens with one attached hydrogen (secondary N) is 2. The first-order valence-electron chi connectivity index (χ1n) is 6.09. The molecular formula is C14H16N2O. The zero-order valence-corrected chi connectivity index (χ0v) is 9.92. The molecule has 1 aromatic rings. The largest absolute Gasteiger partial charge is 0.385 e. The van der Waals surface area contributed by atoms with Crippen LogP contribution >= 0.6 is 0 Å². The fourth-order valence-electron chi connectivity index (χ4n) is 2.36. The predicted molar refractivity (Wildman–Crippen MR) is 67.4 cm³/mol. The van der Waals surface area contributed by atoms with Crippen LogP contribution in [0, 0.1) is 5.92 Å². The Hall–Kier alpha value is -1.77. The predicted octanol–water partition coefficient (Wildman–Crippen LogP) is 1.90. The Bertz CT molecular complexity index is 505. The van der Waals surface area contributed by atoms with Crippen molar-refractivity contribution in [3.05, 3.63) is 41.0 Å². The second-order valence-corrected chi connectivity index (χ2v) is 4.89. The third-order valence-electron chi connectivity index (χ3n) is 3.47. The molecule has 3 heteroatoms. The van der Waals surface area contributed by atoms with Crippen molar-refractivity contribution in [1.82, 2.24) is 10.6 Å². The summed E-state index contributed by atoms with van der Waals surface area (Å²) < 4.78 is 0. The normalized spacial score (nSPS) is 22.5. The molecule has 1 aromatic carbocycles. The standard InChI is InChI=1S/C14H16N2O/c1-9-2-5-13(15-7-9)10-3-4-11-8-16-14(17)12(11)6-10/h3-6,9,15H,2,7-8H2,1H3,(H,16,17). The van der Waals surface area contributed by atoms with Gasteiger partial charge in [-0.25, -0.2) is 0 Å². The molecule has 0 spiro atoms. The highest BCUT2D eigenvalue weighted by atomic mass is 16.1. The van der Waals surface area contributed by atoms with Crippen molar-refractivity contribution in [2.24, 2.45) is 5.92 Å². The van der Waals surface area contributed by atoms with Gasteiger partial charge in [-0.3, -0.25) is 4.79 Å². The van der Waals surface area contributed by atoms with Crippen LogP contribution in [0.2, 0.25) is 0 Å². The number of benzene rings is 1. The number of carbonyl (C=O) groups excluding carboxylic acids is 1. The van der Waals surface area contributed by atoms with Crippen molar-refractivity contribution < 1.29 is 4.79 Å². The third-order valence-corrected chi connectivity index (χ3v) is 3.47. The molecule has 2 heterocycles. The molecule has 88 valence electrons. The van der Waals surface area contributed by atoms with Crippen LogP contribution in [0.3, 0.4) is 0 Å². The molecule has 0 saturated carbocycles. The van der Waals surface area contributed by atoms with Gasteiger partial charge in [0.05, 0.1) is 0 Å². The average Bonchev–Trinajstić information content (AvgIpc) is 2.72. The Morgan fingerprint density at radius 2 is 2.18 bits per heavy atom. The first kappa shape index (κ1) is 10.4. The molecule has 0 saturated heterocycles. The summed E-state index contributed by atoms with van der Waals surface area (Å²) in [5.41, 5.74) is 4.20. The highest BCUT2D eigenvalue weighted by Crippen LogP contribution is 2.23. The maximum Gasteiger partial charge on any atom is 0.251 e. The lowest BCUT2D eigenvalue weighted by Gasteiger charge is -2.21. The van der Waals surface area contributed by atoms with Crippen molar-refractivity contribution in [2.75, 3.05) is 6.54 Å². The molecule has 1 atom stereocenters. The molecule has 17 heavy (non-hydrogen) atoms. The molecule has 1 unspecified atom stereocenters. The molecule has 2 aliphatic rings. The number of hydrogen-bond donors (Lipinski definition) is 2. The molecular weight excluding hydrogens is 212 g/mol. The summed E-state index contributed by atoms with van der Waals surface area (Å²) in [7, 11) is 0. The summed E-state index contributed by atoms with van der Waals surface area (Å²) in [6, 6.07) is 6.13. The minimum atomic E-state index is 0.0478. The lowest BCUT2D eigenvalue weighted by molar-refractivity contribution is 0.0965. The van der Waals surface area contributed by atoms with E-state index in [2.05, 4.69) is 29.7 Å². The Morgan fingerprint density at radius 3 is 2.94 bits per heavy atom. The lowest BCUT2D eigenvalue weighted by atomic mass is 9.98. The molecule has 3 nitrogen and oxygen atoms in total. The van der Waals surface area contributed by atoms with Crippen LogP contribution in [0.4, 0.5) is 0 Å². The van der Waals surface area contributed by atoms with Crippen LogP contribution < -0.4 is 10.6 Å². The molecule has 3 rings (SSSR count). The van der Waals surface area contributed by atoms with E-state index in [1.165, 1.54) is 0 Å². The fourth-order valence-corrected chi connectivity index (χ4v) is 2.36. The van der Waals surface area contributed by atoms with Crippen LogP contribution in [-0.4, -0.2) is 12.5 Å². The highest BCUT2D eigenvalue weighted by molar-refractivity contribution is 5.99. The number of carbonyl (C=O) groups is 1. The number of rotatable bonds is 1. The van der Waals surface area contributed by atoms with E-state index in [4.69, 9.17) is 0 Å². The van der Waals surface area contributed by atoms with Crippen molar-refractivity contribution in [3.63, 3.8) is 0 Å². The molecule has 0 aromatic heterocycles. The first-order chi connectivity index (χ1) is 8.24. The van der Waals surface area contributed by atoms with Gasteiger partial charge in [-0.2, -0.15) is 0 Å². The Labute approximate surface area is 101 Å². The van der Waals surface area contributed by atoms with Gasteiger partial charge in [0.15, 0.2) is 0 Å². The molecule has 0 fully saturated rings. The van der Waals surface area contributed by atoms with Crippen molar-refractivity contribution >= 4 is 11.6 Å². The number of fused-ring (bicyclic) bond motifs is 1. The maximum atomic E-state index is 11.6. The zero-order chi connectivity index (χ0) is 11.8. The quantitative estimate of drug-likeness (QED) is 0.770. The van der Waals surface area contributed by atoms with Gasteiger partial charge in [0.2, 0.25) is 0 Å². The molecule has 0 bridgehead atoms. The molecule has 1 amide bonds. The van der Waals surface area contributed by atoms with E-state index >= 15 is 0 Å². The lowest BCUT2D eigenvalue weighted by Crippen LogP contribution is -2.24. The van der Waals surface area contributed by atoms with E-state index in [1.807, 2.05) is 12.1 Å². The summed E-state index contributed by atoms with van der Waals surface area (Å²) in [6.45, 7) is 3.91. The Balaban J connectivity index is 1.95. The van der Waals surface area contributed by atoms with E-state index in [1.54, 1.807) is 0 Å². The second-order valence-electron chi connectivity index (χ2n) is 4.89. The number of amides is 1. The SMILES string of the molecule is CC1CC=C(c2ccc3c(c2)C(=O)NC3)NC1.